The average molecular weight is 562 g/mol. The van der Waals surface area contributed by atoms with E-state index < -0.39 is 30.5 Å². The second kappa shape index (κ2) is 10.7. The van der Waals surface area contributed by atoms with Crippen LogP contribution in [0.2, 0.25) is 0 Å². The molecular weight excluding hydrogens is 522 g/mol. The van der Waals surface area contributed by atoms with E-state index in [4.69, 9.17) is 9.31 Å². The molecule has 0 spiro atoms. The molecule has 0 amide bonds. The Morgan fingerprint density at radius 1 is 0.610 bits per heavy atom. The largest absolute Gasteiger partial charge is 0.427 e. The van der Waals surface area contributed by atoms with Gasteiger partial charge >= 0.3 is 15.0 Å². The summed E-state index contributed by atoms with van der Waals surface area (Å²) in [7, 11) is -2.24. The van der Waals surface area contributed by atoms with E-state index in [0.29, 0.717) is 7.48 Å². The highest BCUT2D eigenvalue weighted by Gasteiger charge is 2.60. The maximum atomic E-state index is 12.1. The number of fused-ring (bicyclic) bond motifs is 4. The van der Waals surface area contributed by atoms with Crippen molar-refractivity contribution in [2.45, 2.75) is 63.9 Å². The first kappa shape index (κ1) is 29.6. The van der Waals surface area contributed by atoms with Gasteiger partial charge < -0.3 is 19.5 Å². The minimum absolute atomic E-state index is 0.217. The van der Waals surface area contributed by atoms with Gasteiger partial charge in [-0.15, -0.1) is 0 Å². The zero-order valence-electron chi connectivity index (χ0n) is 25.0. The fraction of sp³-hybridized carbons (Fsp3) is 0.294. The van der Waals surface area contributed by atoms with Crippen molar-refractivity contribution in [3.63, 3.8) is 0 Å². The summed E-state index contributed by atoms with van der Waals surface area (Å²) >= 11 is 0. The van der Waals surface area contributed by atoms with E-state index in [1.54, 1.807) is 27.7 Å². The summed E-state index contributed by atoms with van der Waals surface area (Å²) < 4.78 is 13.1. The Balaban J connectivity index is 1.82. The van der Waals surface area contributed by atoms with Gasteiger partial charge in [0, 0.05) is 0 Å². The summed E-state index contributed by atoms with van der Waals surface area (Å²) in [6.07, 6.45) is 0. The van der Waals surface area contributed by atoms with Gasteiger partial charge in [-0.05, 0) is 62.3 Å². The van der Waals surface area contributed by atoms with Crippen LogP contribution in [0.3, 0.4) is 0 Å². The lowest BCUT2D eigenvalue weighted by atomic mass is 9.65. The standard InChI is InChI=1S/C34H40B2O4Si/c1-31(2,37)34(6)33(5,38)32(3,4)39-35-25-15-13-21-29(23-25)41(27-17-9-7-10-18-27,28-19-11-8-12-20-28)30-22-14-16-26(24-30)36-40-34/h7-24,35-38H,1-6H3. The quantitative estimate of drug-likeness (QED) is 0.368. The Bertz CT molecular complexity index is 1460. The van der Waals surface area contributed by atoms with Crippen LogP contribution < -0.4 is 31.7 Å². The Kier molecular flexibility index (Phi) is 7.73. The molecular formula is C34H40B2O4Si. The molecule has 4 aromatic carbocycles. The average Bonchev–Trinajstić information content (AvgIpc) is 2.96. The summed E-state index contributed by atoms with van der Waals surface area (Å²) in [5.74, 6) is 0. The van der Waals surface area contributed by atoms with E-state index in [1.807, 2.05) is 13.8 Å². The SMILES string of the molecule is CC(C)(O)C1(C)OBc2cccc(c2)[Si](c2ccccc2)(c2ccccc2)c2cccc(c2)BOC(C)(C)C1(C)O. The highest BCUT2D eigenvalue weighted by Crippen LogP contribution is 2.43. The third-order valence-corrected chi connectivity index (χ3v) is 14.3. The van der Waals surface area contributed by atoms with Gasteiger partial charge in [0.05, 0.1) is 11.2 Å². The summed E-state index contributed by atoms with van der Waals surface area (Å²) in [5, 5.41) is 28.6. The molecule has 2 unspecified atom stereocenters. The number of hydrogen-bond acceptors (Lipinski definition) is 4. The molecule has 0 saturated carbocycles. The molecule has 1 aliphatic heterocycles. The monoisotopic (exact) mass is 562 g/mol. The smallest absolute Gasteiger partial charge is 0.309 e. The van der Waals surface area contributed by atoms with E-state index in [9.17, 15) is 10.2 Å². The van der Waals surface area contributed by atoms with Crippen LogP contribution in [0.15, 0.2) is 109 Å². The van der Waals surface area contributed by atoms with Gasteiger partial charge in [0.15, 0.2) is 8.07 Å². The minimum atomic E-state index is -2.76. The summed E-state index contributed by atoms with van der Waals surface area (Å²) in [4.78, 5) is 0. The molecule has 4 nitrogen and oxygen atoms in total. The molecule has 0 radical (unpaired) electrons. The molecule has 0 fully saturated rings. The Morgan fingerprint density at radius 2 is 1.02 bits per heavy atom. The molecule has 5 rings (SSSR count). The summed E-state index contributed by atoms with van der Waals surface area (Å²) in [5.41, 5.74) is -3.35. The predicted octanol–water partition coefficient (Wildman–Crippen LogP) is 1.12. The minimum Gasteiger partial charge on any atom is -0.427 e. The van der Waals surface area contributed by atoms with Crippen molar-refractivity contribution >= 4 is 54.7 Å². The lowest BCUT2D eigenvalue weighted by Crippen LogP contribution is -2.75. The normalized spacial score (nSPS) is 23.9. The molecule has 7 heteroatoms. The molecule has 210 valence electrons. The molecule has 1 aliphatic rings. The van der Waals surface area contributed by atoms with Crippen LogP contribution in [0.4, 0.5) is 0 Å². The fourth-order valence-corrected chi connectivity index (χ4v) is 11.2. The summed E-state index contributed by atoms with van der Waals surface area (Å²) in [6, 6.07) is 39.0. The van der Waals surface area contributed by atoms with E-state index in [0.717, 1.165) is 10.9 Å². The molecule has 41 heavy (non-hydrogen) atoms. The molecule has 0 saturated heterocycles. The Labute approximate surface area is 246 Å². The van der Waals surface area contributed by atoms with Crippen molar-refractivity contribution in [3.8, 4) is 0 Å². The van der Waals surface area contributed by atoms with Crippen LogP contribution in [0.25, 0.3) is 0 Å². The number of benzene rings is 4. The fourth-order valence-electron chi connectivity index (χ4n) is 6.28. The van der Waals surface area contributed by atoms with Gasteiger partial charge in [-0.25, -0.2) is 0 Å². The van der Waals surface area contributed by atoms with E-state index in [2.05, 4.69) is 109 Å². The highest BCUT2D eigenvalue weighted by atomic mass is 28.3. The Hall–Kier alpha value is -2.93. The lowest BCUT2D eigenvalue weighted by Gasteiger charge is -2.56. The van der Waals surface area contributed by atoms with Crippen molar-refractivity contribution in [1.29, 1.82) is 0 Å². The first-order valence-electron chi connectivity index (χ1n) is 14.4. The molecule has 4 aromatic rings. The van der Waals surface area contributed by atoms with Crippen molar-refractivity contribution in [1.82, 2.24) is 0 Å². The van der Waals surface area contributed by atoms with E-state index >= 15 is 0 Å². The van der Waals surface area contributed by atoms with E-state index in [-0.39, 0.29) is 7.48 Å². The van der Waals surface area contributed by atoms with Crippen LogP contribution in [0, 0.1) is 0 Å². The van der Waals surface area contributed by atoms with Crippen molar-refractivity contribution < 1.29 is 19.5 Å². The second-order valence-electron chi connectivity index (χ2n) is 12.6. The molecule has 2 N–H and O–H groups in total. The molecule has 4 bridgehead atoms. The number of aliphatic hydroxyl groups is 2. The summed E-state index contributed by atoms with van der Waals surface area (Å²) in [6.45, 7) is 10.6. The third kappa shape index (κ3) is 4.94. The maximum Gasteiger partial charge on any atom is 0.309 e. The zero-order valence-corrected chi connectivity index (χ0v) is 26.0. The van der Waals surface area contributed by atoms with Gasteiger partial charge in [-0.3, -0.25) is 0 Å². The molecule has 1 heterocycles. The molecule has 0 aliphatic carbocycles. The van der Waals surface area contributed by atoms with Crippen molar-refractivity contribution in [2.24, 2.45) is 0 Å². The first-order chi connectivity index (χ1) is 19.3. The van der Waals surface area contributed by atoms with Crippen LogP contribution in [-0.2, 0) is 9.31 Å². The number of hydrogen-bond donors (Lipinski definition) is 2. The second-order valence-corrected chi connectivity index (χ2v) is 16.4. The zero-order chi connectivity index (χ0) is 29.5. The first-order valence-corrected chi connectivity index (χ1v) is 16.4. The van der Waals surface area contributed by atoms with Gasteiger partial charge in [0.1, 0.15) is 11.2 Å². The van der Waals surface area contributed by atoms with Crippen LogP contribution in [0.1, 0.15) is 41.5 Å². The highest BCUT2D eigenvalue weighted by molar-refractivity contribution is 7.20. The van der Waals surface area contributed by atoms with E-state index in [1.165, 1.54) is 20.7 Å². The maximum absolute atomic E-state index is 12.1. The molecule has 0 aromatic heterocycles. The molecule has 2 atom stereocenters. The van der Waals surface area contributed by atoms with Gasteiger partial charge in [0.2, 0.25) is 0 Å². The topological polar surface area (TPSA) is 58.9 Å². The number of rotatable bonds is 3. The van der Waals surface area contributed by atoms with Crippen LogP contribution >= 0.6 is 0 Å². The van der Waals surface area contributed by atoms with Crippen molar-refractivity contribution in [2.75, 3.05) is 0 Å². The van der Waals surface area contributed by atoms with Crippen LogP contribution in [0.5, 0.6) is 0 Å². The van der Waals surface area contributed by atoms with Crippen molar-refractivity contribution in [3.05, 3.63) is 109 Å². The van der Waals surface area contributed by atoms with Gasteiger partial charge in [-0.1, -0.05) is 120 Å². The van der Waals surface area contributed by atoms with Gasteiger partial charge in [0.25, 0.3) is 0 Å². The Morgan fingerprint density at radius 3 is 1.46 bits per heavy atom. The third-order valence-electron chi connectivity index (χ3n) is 9.53. The lowest BCUT2D eigenvalue weighted by molar-refractivity contribution is -0.254. The predicted molar refractivity (Wildman–Crippen MR) is 175 cm³/mol. The van der Waals surface area contributed by atoms with Gasteiger partial charge in [-0.2, -0.15) is 0 Å². The van der Waals surface area contributed by atoms with Crippen LogP contribution in [-0.4, -0.2) is 55.7 Å².